The number of ether oxygens (including phenoxy) is 1. The van der Waals surface area contributed by atoms with Crippen LogP contribution < -0.4 is 4.74 Å². The maximum atomic E-state index is 13.1. The van der Waals surface area contributed by atoms with Gasteiger partial charge >= 0.3 is 0 Å². The summed E-state index contributed by atoms with van der Waals surface area (Å²) in [4.78, 5) is 16.1. The highest BCUT2D eigenvalue weighted by Crippen LogP contribution is 2.17. The lowest BCUT2D eigenvalue weighted by Gasteiger charge is -2.10. The number of rotatable bonds is 4. The van der Waals surface area contributed by atoms with E-state index in [2.05, 4.69) is 4.98 Å². The van der Waals surface area contributed by atoms with E-state index >= 15 is 0 Å². The van der Waals surface area contributed by atoms with Gasteiger partial charge in [0.25, 0.3) is 0 Å². The first-order valence-electron chi connectivity index (χ1n) is 6.09. The fourth-order valence-electron chi connectivity index (χ4n) is 1.68. The van der Waals surface area contributed by atoms with Crippen molar-refractivity contribution in [2.24, 2.45) is 0 Å². The number of carbonyl (C=O) groups is 1. The van der Waals surface area contributed by atoms with E-state index < -0.39 is 17.4 Å². The second-order valence-electron chi connectivity index (χ2n) is 4.53. The van der Waals surface area contributed by atoms with Gasteiger partial charge in [-0.2, -0.15) is 0 Å². The van der Waals surface area contributed by atoms with Gasteiger partial charge in [-0.3, -0.25) is 9.78 Å². The van der Waals surface area contributed by atoms with E-state index in [9.17, 15) is 13.6 Å². The largest absolute Gasteiger partial charge is 0.489 e. The fraction of sp³-hybridized carbons (Fsp3) is 0.200. The number of halogens is 2. The predicted molar refractivity (Wildman–Crippen MR) is 69.8 cm³/mol. The zero-order chi connectivity index (χ0) is 14.7. The Bertz CT molecular complexity index is 642. The van der Waals surface area contributed by atoms with Gasteiger partial charge < -0.3 is 4.74 Å². The van der Waals surface area contributed by atoms with Gasteiger partial charge in [-0.1, -0.05) is 0 Å². The summed E-state index contributed by atoms with van der Waals surface area (Å²) in [7, 11) is 0. The second-order valence-corrected chi connectivity index (χ2v) is 4.53. The quantitative estimate of drug-likeness (QED) is 0.804. The molecule has 1 heterocycles. The van der Waals surface area contributed by atoms with Gasteiger partial charge in [0.2, 0.25) is 0 Å². The van der Waals surface area contributed by atoms with Gasteiger partial charge in [-0.25, -0.2) is 8.78 Å². The van der Waals surface area contributed by atoms with Gasteiger partial charge in [0, 0.05) is 17.3 Å². The summed E-state index contributed by atoms with van der Waals surface area (Å²) in [6.07, 6.45) is 2.80. The molecule has 1 aromatic heterocycles. The Balaban J connectivity index is 2.30. The molecule has 0 N–H and O–H groups in total. The molecule has 0 aliphatic rings. The molecular formula is C15H13F2NO2. The van der Waals surface area contributed by atoms with Gasteiger partial charge in [0.15, 0.2) is 17.4 Å². The SMILES string of the molecule is CC(C)Oc1cncc(C(=O)c2ccc(F)c(F)c2)c1. The lowest BCUT2D eigenvalue weighted by molar-refractivity contribution is 0.103. The number of carbonyl (C=O) groups excluding carboxylic acids is 1. The van der Waals surface area contributed by atoms with E-state index in [0.29, 0.717) is 5.75 Å². The molecule has 0 saturated carbocycles. The first kappa shape index (κ1) is 14.1. The standard InChI is InChI=1S/C15H13F2NO2/c1-9(2)20-12-5-11(7-18-8-12)15(19)10-3-4-13(16)14(17)6-10/h3-9H,1-2H3. The maximum absolute atomic E-state index is 13.1. The number of aromatic nitrogens is 1. The van der Waals surface area contributed by atoms with Crippen molar-refractivity contribution in [3.05, 3.63) is 59.4 Å². The van der Waals surface area contributed by atoms with Crippen molar-refractivity contribution >= 4 is 5.78 Å². The van der Waals surface area contributed by atoms with Crippen LogP contribution in [0.4, 0.5) is 8.78 Å². The lowest BCUT2D eigenvalue weighted by Crippen LogP contribution is -2.08. The zero-order valence-corrected chi connectivity index (χ0v) is 11.1. The molecule has 0 fully saturated rings. The molecule has 0 saturated heterocycles. The Kier molecular flexibility index (Phi) is 4.08. The Morgan fingerprint density at radius 1 is 1.10 bits per heavy atom. The molecule has 3 nitrogen and oxygen atoms in total. The van der Waals surface area contributed by atoms with Gasteiger partial charge in [-0.15, -0.1) is 0 Å². The van der Waals surface area contributed by atoms with E-state index in [4.69, 9.17) is 4.74 Å². The van der Waals surface area contributed by atoms with Crippen LogP contribution in [-0.2, 0) is 0 Å². The first-order chi connectivity index (χ1) is 9.47. The molecule has 2 aromatic rings. The van der Waals surface area contributed by atoms with Crippen molar-refractivity contribution in [2.45, 2.75) is 20.0 Å². The summed E-state index contributed by atoms with van der Waals surface area (Å²) in [5.74, 6) is -2.03. The molecule has 0 amide bonds. The van der Waals surface area contributed by atoms with Gasteiger partial charge in [0.05, 0.1) is 12.3 Å². The molecule has 5 heteroatoms. The first-order valence-corrected chi connectivity index (χ1v) is 6.09. The third kappa shape index (κ3) is 3.17. The molecule has 2 rings (SSSR count). The Hall–Kier alpha value is -2.30. The summed E-state index contributed by atoms with van der Waals surface area (Å²) in [5.41, 5.74) is 0.321. The highest BCUT2D eigenvalue weighted by molar-refractivity contribution is 6.08. The van der Waals surface area contributed by atoms with Crippen LogP contribution in [0.5, 0.6) is 5.75 Å². The number of hydrogen-bond donors (Lipinski definition) is 0. The Morgan fingerprint density at radius 3 is 2.50 bits per heavy atom. The summed E-state index contributed by atoms with van der Waals surface area (Å²) < 4.78 is 31.4. The van der Waals surface area contributed by atoms with E-state index in [1.165, 1.54) is 24.5 Å². The third-order valence-corrected chi connectivity index (χ3v) is 2.53. The van der Waals surface area contributed by atoms with Crippen LogP contribution in [0.15, 0.2) is 36.7 Å². The van der Waals surface area contributed by atoms with E-state index in [1.807, 2.05) is 13.8 Å². The Labute approximate surface area is 115 Å². The second kappa shape index (κ2) is 5.77. The van der Waals surface area contributed by atoms with Crippen LogP contribution >= 0.6 is 0 Å². The van der Waals surface area contributed by atoms with Crippen molar-refractivity contribution in [3.8, 4) is 5.75 Å². The minimum absolute atomic E-state index is 0.0505. The van der Waals surface area contributed by atoms with Crippen molar-refractivity contribution in [3.63, 3.8) is 0 Å². The highest BCUT2D eigenvalue weighted by atomic mass is 19.2. The monoisotopic (exact) mass is 277 g/mol. The molecule has 0 aliphatic carbocycles. The van der Waals surface area contributed by atoms with Crippen molar-refractivity contribution in [1.29, 1.82) is 0 Å². The molecule has 1 aromatic carbocycles. The van der Waals surface area contributed by atoms with Crippen molar-refractivity contribution in [1.82, 2.24) is 4.98 Å². The van der Waals surface area contributed by atoms with Crippen LogP contribution in [0.2, 0.25) is 0 Å². The lowest BCUT2D eigenvalue weighted by atomic mass is 10.0. The van der Waals surface area contributed by atoms with Crippen LogP contribution in [0.3, 0.4) is 0 Å². The number of pyridine rings is 1. The van der Waals surface area contributed by atoms with E-state index in [1.54, 1.807) is 0 Å². The van der Waals surface area contributed by atoms with Crippen LogP contribution in [0.1, 0.15) is 29.8 Å². The highest BCUT2D eigenvalue weighted by Gasteiger charge is 2.13. The number of hydrogen-bond acceptors (Lipinski definition) is 3. The Morgan fingerprint density at radius 2 is 1.85 bits per heavy atom. The minimum Gasteiger partial charge on any atom is -0.489 e. The van der Waals surface area contributed by atoms with E-state index in [0.717, 1.165) is 12.1 Å². The smallest absolute Gasteiger partial charge is 0.194 e. The molecule has 0 spiro atoms. The van der Waals surface area contributed by atoms with Crippen molar-refractivity contribution < 1.29 is 18.3 Å². The summed E-state index contributed by atoms with van der Waals surface area (Å²) in [6.45, 7) is 3.70. The number of nitrogens with zero attached hydrogens (tertiary/aromatic N) is 1. The summed E-state index contributed by atoms with van der Waals surface area (Å²) in [5, 5.41) is 0. The molecular weight excluding hydrogens is 264 g/mol. The van der Waals surface area contributed by atoms with Gasteiger partial charge in [-0.05, 0) is 38.1 Å². The average molecular weight is 277 g/mol. The topological polar surface area (TPSA) is 39.2 Å². The minimum atomic E-state index is -1.06. The molecule has 0 bridgehead atoms. The molecule has 0 aliphatic heterocycles. The average Bonchev–Trinajstić information content (AvgIpc) is 2.40. The van der Waals surface area contributed by atoms with Crippen LogP contribution in [-0.4, -0.2) is 16.9 Å². The number of ketones is 1. The van der Waals surface area contributed by atoms with Crippen molar-refractivity contribution in [2.75, 3.05) is 0 Å². The molecule has 104 valence electrons. The van der Waals surface area contributed by atoms with Gasteiger partial charge in [0.1, 0.15) is 5.75 Å². The summed E-state index contributed by atoms with van der Waals surface area (Å²) >= 11 is 0. The maximum Gasteiger partial charge on any atom is 0.194 e. The normalized spacial score (nSPS) is 10.7. The van der Waals surface area contributed by atoms with Crippen LogP contribution in [0, 0.1) is 11.6 Å². The molecule has 0 radical (unpaired) electrons. The fourth-order valence-corrected chi connectivity index (χ4v) is 1.68. The van der Waals surface area contributed by atoms with E-state index in [-0.39, 0.29) is 17.2 Å². The molecule has 0 atom stereocenters. The van der Waals surface area contributed by atoms with Crippen LogP contribution in [0.25, 0.3) is 0 Å². The number of benzene rings is 1. The molecule has 20 heavy (non-hydrogen) atoms. The third-order valence-electron chi connectivity index (χ3n) is 2.53. The summed E-state index contributed by atoms with van der Waals surface area (Å²) in [6, 6.07) is 4.55. The zero-order valence-electron chi connectivity index (χ0n) is 11.1. The molecule has 0 unspecified atom stereocenters. The predicted octanol–water partition coefficient (Wildman–Crippen LogP) is 3.38.